The molecule has 152 valence electrons. The van der Waals surface area contributed by atoms with Crippen molar-refractivity contribution in [3.8, 4) is 0 Å². The van der Waals surface area contributed by atoms with Crippen LogP contribution in [0.15, 0.2) is 79.1 Å². The van der Waals surface area contributed by atoms with E-state index in [-0.39, 0.29) is 17.2 Å². The molecule has 1 aliphatic heterocycles. The summed E-state index contributed by atoms with van der Waals surface area (Å²) in [6, 6.07) is 19.6. The summed E-state index contributed by atoms with van der Waals surface area (Å²) in [6.07, 6.45) is 3.37. The van der Waals surface area contributed by atoms with Crippen LogP contribution in [0.1, 0.15) is 26.9 Å². The zero-order valence-corrected chi connectivity index (χ0v) is 17.6. The average Bonchev–Trinajstić information content (AvgIpc) is 3.23. The van der Waals surface area contributed by atoms with Crippen molar-refractivity contribution in [2.24, 2.45) is 0 Å². The molecule has 1 N–H and O–H groups in total. The number of nitrogens with zero attached hydrogens (tertiary/aromatic N) is 2. The summed E-state index contributed by atoms with van der Waals surface area (Å²) in [5.41, 5.74) is 2.33. The van der Waals surface area contributed by atoms with E-state index in [1.54, 1.807) is 47.3 Å². The van der Waals surface area contributed by atoms with Gasteiger partial charge in [-0.05, 0) is 35.9 Å². The molecule has 30 heavy (non-hydrogen) atoms. The van der Waals surface area contributed by atoms with Gasteiger partial charge >= 0.3 is 0 Å². The maximum atomic E-state index is 13.4. The highest BCUT2D eigenvalue weighted by molar-refractivity contribution is 7.99. The second-order valence-corrected chi connectivity index (χ2v) is 8.40. The van der Waals surface area contributed by atoms with E-state index in [1.807, 2.05) is 48.5 Å². The number of benzene rings is 2. The molecule has 3 aromatic rings. The first-order valence-electron chi connectivity index (χ1n) is 9.55. The topological polar surface area (TPSA) is 62.3 Å². The summed E-state index contributed by atoms with van der Waals surface area (Å²) in [6.45, 7) is 0.382. The molecule has 0 radical (unpaired) electrons. The van der Waals surface area contributed by atoms with Gasteiger partial charge < -0.3 is 10.2 Å². The van der Waals surface area contributed by atoms with Gasteiger partial charge in [0.25, 0.3) is 5.91 Å². The van der Waals surface area contributed by atoms with E-state index in [9.17, 15) is 9.59 Å². The van der Waals surface area contributed by atoms with Crippen molar-refractivity contribution >= 4 is 35.2 Å². The van der Waals surface area contributed by atoms with E-state index in [2.05, 4.69) is 10.3 Å². The number of hydrogen-bond donors (Lipinski definition) is 1. The molecule has 2 aromatic carbocycles. The Labute approximate surface area is 184 Å². The number of nitrogens with one attached hydrogen (secondary N) is 1. The number of hydrogen-bond acceptors (Lipinski definition) is 4. The number of rotatable bonds is 5. The fraction of sp³-hybridized carbons (Fsp3) is 0.174. The first-order valence-corrected chi connectivity index (χ1v) is 11.0. The molecule has 2 unspecified atom stereocenters. The summed E-state index contributed by atoms with van der Waals surface area (Å²) in [7, 11) is 0. The molecule has 2 amide bonds. The third kappa shape index (κ3) is 4.35. The smallest absolute Gasteiger partial charge is 0.255 e. The van der Waals surface area contributed by atoms with Gasteiger partial charge in [0, 0.05) is 40.8 Å². The van der Waals surface area contributed by atoms with Crippen LogP contribution in [0, 0.1) is 0 Å². The number of amides is 2. The molecular formula is C23H20ClN3O2S. The van der Waals surface area contributed by atoms with E-state index in [0.29, 0.717) is 22.9 Å². The Morgan fingerprint density at radius 1 is 1.03 bits per heavy atom. The molecule has 2 atom stereocenters. The zero-order chi connectivity index (χ0) is 20.9. The predicted octanol–water partition coefficient (Wildman–Crippen LogP) is 4.31. The highest BCUT2D eigenvalue weighted by Crippen LogP contribution is 2.44. The number of aromatic nitrogens is 1. The van der Waals surface area contributed by atoms with Gasteiger partial charge in [0.2, 0.25) is 5.91 Å². The summed E-state index contributed by atoms with van der Waals surface area (Å²) >= 11 is 7.98. The number of pyridine rings is 1. The number of carbonyl (C=O) groups is 2. The minimum absolute atomic E-state index is 0.182. The highest BCUT2D eigenvalue weighted by atomic mass is 35.5. The molecule has 7 heteroatoms. The van der Waals surface area contributed by atoms with E-state index < -0.39 is 6.04 Å². The predicted molar refractivity (Wildman–Crippen MR) is 119 cm³/mol. The molecule has 0 bridgehead atoms. The third-order valence-corrected chi connectivity index (χ3v) is 6.59. The molecule has 0 saturated carbocycles. The van der Waals surface area contributed by atoms with Crippen molar-refractivity contribution in [2.75, 3.05) is 5.75 Å². The van der Waals surface area contributed by atoms with E-state index in [4.69, 9.17) is 11.6 Å². The van der Waals surface area contributed by atoms with Gasteiger partial charge in [-0.25, -0.2) is 0 Å². The second-order valence-electron chi connectivity index (χ2n) is 6.87. The van der Waals surface area contributed by atoms with E-state index >= 15 is 0 Å². The van der Waals surface area contributed by atoms with Gasteiger partial charge in [-0.15, -0.1) is 11.8 Å². The van der Waals surface area contributed by atoms with Gasteiger partial charge in [0.05, 0.1) is 0 Å². The van der Waals surface area contributed by atoms with Crippen molar-refractivity contribution in [2.45, 2.75) is 18.0 Å². The van der Waals surface area contributed by atoms with Gasteiger partial charge in [0.1, 0.15) is 11.4 Å². The SMILES string of the molecule is O=C(NCc1ccncc1)C1CSC(c2ccccc2Cl)N1C(=O)c1ccccc1. The normalized spacial score (nSPS) is 18.2. The van der Waals surface area contributed by atoms with Crippen molar-refractivity contribution in [1.82, 2.24) is 15.2 Å². The Bertz CT molecular complexity index is 1030. The first-order chi connectivity index (χ1) is 14.6. The Morgan fingerprint density at radius 2 is 1.73 bits per heavy atom. The Balaban J connectivity index is 1.61. The standard InChI is InChI=1S/C23H20ClN3O2S/c24-19-9-5-4-8-18(19)23-27(22(29)17-6-2-1-3-7-17)20(15-30-23)21(28)26-14-16-10-12-25-13-11-16/h1-13,20,23H,14-15H2,(H,26,28). The van der Waals surface area contributed by atoms with E-state index in [1.165, 1.54) is 0 Å². The van der Waals surface area contributed by atoms with Crippen LogP contribution in [0.25, 0.3) is 0 Å². The van der Waals surface area contributed by atoms with Crippen LogP contribution < -0.4 is 5.32 Å². The maximum absolute atomic E-state index is 13.4. The van der Waals surface area contributed by atoms with Crippen LogP contribution in [-0.2, 0) is 11.3 Å². The van der Waals surface area contributed by atoms with Gasteiger partial charge in [-0.2, -0.15) is 0 Å². The van der Waals surface area contributed by atoms with Crippen LogP contribution in [-0.4, -0.2) is 33.5 Å². The van der Waals surface area contributed by atoms with E-state index in [0.717, 1.165) is 11.1 Å². The molecule has 1 aliphatic rings. The lowest BCUT2D eigenvalue weighted by Crippen LogP contribution is -2.47. The fourth-order valence-electron chi connectivity index (χ4n) is 3.41. The molecule has 0 spiro atoms. The van der Waals surface area contributed by atoms with Crippen molar-refractivity contribution in [1.29, 1.82) is 0 Å². The molecule has 0 aliphatic carbocycles. The molecule has 1 saturated heterocycles. The lowest BCUT2D eigenvalue weighted by atomic mass is 10.1. The molecule has 5 nitrogen and oxygen atoms in total. The monoisotopic (exact) mass is 437 g/mol. The lowest BCUT2D eigenvalue weighted by molar-refractivity contribution is -0.125. The van der Waals surface area contributed by atoms with Crippen LogP contribution in [0.5, 0.6) is 0 Å². The second kappa shape index (κ2) is 9.32. The highest BCUT2D eigenvalue weighted by Gasteiger charge is 2.43. The van der Waals surface area contributed by atoms with Gasteiger partial charge in [-0.3, -0.25) is 14.6 Å². The van der Waals surface area contributed by atoms with Crippen LogP contribution >= 0.6 is 23.4 Å². The third-order valence-electron chi connectivity index (χ3n) is 4.95. The summed E-state index contributed by atoms with van der Waals surface area (Å²) in [5, 5.41) is 3.21. The Morgan fingerprint density at radius 3 is 2.47 bits per heavy atom. The largest absolute Gasteiger partial charge is 0.350 e. The minimum atomic E-state index is -0.592. The van der Waals surface area contributed by atoms with Crippen molar-refractivity contribution < 1.29 is 9.59 Å². The number of halogens is 1. The number of thioether (sulfide) groups is 1. The zero-order valence-electron chi connectivity index (χ0n) is 16.1. The molecule has 1 aromatic heterocycles. The van der Waals surface area contributed by atoms with Crippen LogP contribution in [0.2, 0.25) is 5.02 Å². The fourth-order valence-corrected chi connectivity index (χ4v) is 5.18. The molecule has 1 fully saturated rings. The lowest BCUT2D eigenvalue weighted by Gasteiger charge is -2.29. The quantitative estimate of drug-likeness (QED) is 0.646. The summed E-state index contributed by atoms with van der Waals surface area (Å²) in [5.74, 6) is 0.129. The summed E-state index contributed by atoms with van der Waals surface area (Å²) < 4.78 is 0. The molecule has 4 rings (SSSR count). The van der Waals surface area contributed by atoms with Crippen LogP contribution in [0.4, 0.5) is 0 Å². The Hall–Kier alpha value is -2.83. The first kappa shape index (κ1) is 20.4. The molecular weight excluding hydrogens is 418 g/mol. The van der Waals surface area contributed by atoms with Gasteiger partial charge in [-0.1, -0.05) is 48.0 Å². The van der Waals surface area contributed by atoms with Crippen molar-refractivity contribution in [3.63, 3.8) is 0 Å². The summed E-state index contributed by atoms with van der Waals surface area (Å²) in [4.78, 5) is 32.1. The van der Waals surface area contributed by atoms with Crippen LogP contribution in [0.3, 0.4) is 0 Å². The number of carbonyl (C=O) groups excluding carboxylic acids is 2. The average molecular weight is 438 g/mol. The maximum Gasteiger partial charge on any atom is 0.255 e. The Kier molecular flexibility index (Phi) is 6.35. The van der Waals surface area contributed by atoms with Crippen molar-refractivity contribution in [3.05, 3.63) is 101 Å². The minimum Gasteiger partial charge on any atom is -0.350 e. The molecule has 2 heterocycles. The van der Waals surface area contributed by atoms with Gasteiger partial charge in [0.15, 0.2) is 0 Å².